The number of hydrogen-bond donors (Lipinski definition) is 3. The van der Waals surface area contributed by atoms with Crippen LogP contribution in [0.4, 0.5) is 0 Å². The van der Waals surface area contributed by atoms with Crippen LogP contribution in [-0.2, 0) is 13.0 Å². The van der Waals surface area contributed by atoms with Crippen molar-refractivity contribution < 1.29 is 9.84 Å². The van der Waals surface area contributed by atoms with Gasteiger partial charge in [-0.25, -0.2) is 0 Å². The van der Waals surface area contributed by atoms with Crippen molar-refractivity contribution >= 4 is 10.9 Å². The van der Waals surface area contributed by atoms with Crippen LogP contribution in [0.5, 0.6) is 5.75 Å². The predicted octanol–water partition coefficient (Wildman–Crippen LogP) is 3.28. The van der Waals surface area contributed by atoms with Gasteiger partial charge in [0, 0.05) is 28.2 Å². The van der Waals surface area contributed by atoms with Gasteiger partial charge in [-0.05, 0) is 59.9 Å². The molecule has 4 heteroatoms. The molecule has 4 nitrogen and oxygen atoms in total. The Bertz CT molecular complexity index is 860. The number of aliphatic hydroxyl groups is 1. The molecule has 1 aliphatic carbocycles. The lowest BCUT2D eigenvalue weighted by atomic mass is 10.0. The first-order chi connectivity index (χ1) is 11.2. The van der Waals surface area contributed by atoms with Crippen molar-refractivity contribution in [3.63, 3.8) is 0 Å². The molecule has 0 aliphatic heterocycles. The molecule has 23 heavy (non-hydrogen) atoms. The number of ether oxygens (including phenoxy) is 1. The van der Waals surface area contributed by atoms with Crippen LogP contribution in [-0.4, -0.2) is 17.2 Å². The number of fused-ring (bicyclic) bond motifs is 3. The number of nitrogens with one attached hydrogen (secondary N) is 1. The number of benzene rings is 2. The van der Waals surface area contributed by atoms with Crippen LogP contribution >= 0.6 is 0 Å². The topological polar surface area (TPSA) is 71.3 Å². The fourth-order valence-electron chi connectivity index (χ4n) is 3.54. The van der Waals surface area contributed by atoms with Crippen molar-refractivity contribution in [3.8, 4) is 17.0 Å². The summed E-state index contributed by atoms with van der Waals surface area (Å²) >= 11 is 0. The number of H-pyrrole nitrogens is 1. The lowest BCUT2D eigenvalue weighted by Crippen LogP contribution is -2.04. The van der Waals surface area contributed by atoms with Crippen molar-refractivity contribution in [2.24, 2.45) is 5.73 Å². The molecular weight excluding hydrogens is 288 g/mol. The number of aromatic nitrogens is 1. The van der Waals surface area contributed by atoms with E-state index in [9.17, 15) is 5.11 Å². The molecule has 1 heterocycles. The zero-order valence-electron chi connectivity index (χ0n) is 13.1. The van der Waals surface area contributed by atoms with Gasteiger partial charge < -0.3 is 20.6 Å². The molecule has 3 aromatic rings. The smallest absolute Gasteiger partial charge is 0.119 e. The minimum Gasteiger partial charge on any atom is -0.497 e. The van der Waals surface area contributed by atoms with Crippen molar-refractivity contribution in [1.29, 1.82) is 0 Å². The number of hydrogen-bond acceptors (Lipinski definition) is 3. The van der Waals surface area contributed by atoms with Crippen LogP contribution in [0.2, 0.25) is 0 Å². The van der Waals surface area contributed by atoms with Crippen molar-refractivity contribution in [2.45, 2.75) is 25.5 Å². The molecule has 4 rings (SSSR count). The molecule has 0 spiro atoms. The summed E-state index contributed by atoms with van der Waals surface area (Å²) in [6.45, 7) is -0.00528. The molecule has 0 saturated heterocycles. The molecule has 0 saturated carbocycles. The van der Waals surface area contributed by atoms with E-state index in [1.807, 2.05) is 18.2 Å². The third kappa shape index (κ3) is 2.31. The highest BCUT2D eigenvalue weighted by Gasteiger charge is 2.22. The Morgan fingerprint density at radius 1 is 1.26 bits per heavy atom. The molecule has 1 unspecified atom stereocenters. The van der Waals surface area contributed by atoms with Gasteiger partial charge in [-0.3, -0.25) is 0 Å². The van der Waals surface area contributed by atoms with E-state index >= 15 is 0 Å². The highest BCUT2D eigenvalue weighted by molar-refractivity contribution is 5.90. The van der Waals surface area contributed by atoms with Crippen molar-refractivity contribution in [2.75, 3.05) is 7.11 Å². The summed E-state index contributed by atoms with van der Waals surface area (Å²) in [5.74, 6) is 0.748. The highest BCUT2D eigenvalue weighted by Crippen LogP contribution is 2.37. The third-order valence-corrected chi connectivity index (χ3v) is 4.75. The average Bonchev–Trinajstić information content (AvgIpc) is 3.18. The number of methoxy groups -OCH3 is 1. The molecule has 118 valence electrons. The van der Waals surface area contributed by atoms with Crippen LogP contribution < -0.4 is 10.5 Å². The van der Waals surface area contributed by atoms with E-state index in [4.69, 9.17) is 10.5 Å². The molecule has 0 fully saturated rings. The van der Waals surface area contributed by atoms with E-state index in [1.54, 1.807) is 7.11 Å². The molecule has 1 aromatic heterocycles. The maximum Gasteiger partial charge on any atom is 0.119 e. The Morgan fingerprint density at radius 3 is 2.91 bits per heavy atom. The summed E-state index contributed by atoms with van der Waals surface area (Å²) in [5, 5.41) is 10.7. The monoisotopic (exact) mass is 308 g/mol. The first-order valence-electron chi connectivity index (χ1n) is 7.89. The van der Waals surface area contributed by atoms with E-state index in [-0.39, 0.29) is 12.6 Å². The lowest BCUT2D eigenvalue weighted by molar-refractivity contribution is 0.281. The standard InChI is InChI=1S/C19H20N2O2/c1-23-13-7-11(10-22)6-12(8-13)19-9-16-14-2-4-17(20)15(14)3-5-18(16)21-19/h3,5-9,17,21-22H,2,4,10,20H2,1H3. The van der Waals surface area contributed by atoms with Gasteiger partial charge in [0.2, 0.25) is 0 Å². The molecular formula is C19H20N2O2. The summed E-state index contributed by atoms with van der Waals surface area (Å²) in [6.07, 6.45) is 2.05. The Hall–Kier alpha value is -2.30. The number of rotatable bonds is 3. The SMILES string of the molecule is COc1cc(CO)cc(-c2cc3c4c(ccc3[nH]2)C(N)CC4)c1. The zero-order valence-corrected chi connectivity index (χ0v) is 13.1. The van der Waals surface area contributed by atoms with Gasteiger partial charge in [0.05, 0.1) is 13.7 Å². The van der Waals surface area contributed by atoms with Crippen molar-refractivity contribution in [3.05, 3.63) is 53.1 Å². The van der Waals surface area contributed by atoms with Gasteiger partial charge in [0.1, 0.15) is 5.75 Å². The fourth-order valence-corrected chi connectivity index (χ4v) is 3.54. The second-order valence-corrected chi connectivity index (χ2v) is 6.15. The van der Waals surface area contributed by atoms with E-state index in [0.29, 0.717) is 0 Å². The maximum atomic E-state index is 9.45. The first kappa shape index (κ1) is 14.3. The molecule has 1 atom stereocenters. The minimum atomic E-state index is -0.00528. The molecule has 4 N–H and O–H groups in total. The predicted molar refractivity (Wildman–Crippen MR) is 91.5 cm³/mol. The molecule has 2 aromatic carbocycles. The number of aliphatic hydroxyl groups excluding tert-OH is 1. The number of nitrogens with two attached hydrogens (primary N) is 1. The Balaban J connectivity index is 1.87. The summed E-state index contributed by atoms with van der Waals surface area (Å²) in [4.78, 5) is 3.48. The quantitative estimate of drug-likeness (QED) is 0.695. The van der Waals surface area contributed by atoms with E-state index in [0.717, 1.165) is 40.9 Å². The van der Waals surface area contributed by atoms with E-state index in [1.165, 1.54) is 16.5 Å². The van der Waals surface area contributed by atoms with Crippen LogP contribution in [0, 0.1) is 0 Å². The molecule has 0 radical (unpaired) electrons. The number of aromatic amines is 1. The van der Waals surface area contributed by atoms with Crippen LogP contribution in [0.15, 0.2) is 36.4 Å². The van der Waals surface area contributed by atoms with Gasteiger partial charge in [0.25, 0.3) is 0 Å². The lowest BCUT2D eigenvalue weighted by Gasteiger charge is -2.06. The Morgan fingerprint density at radius 2 is 2.13 bits per heavy atom. The van der Waals surface area contributed by atoms with Gasteiger partial charge in [-0.2, -0.15) is 0 Å². The fraction of sp³-hybridized carbons (Fsp3) is 0.263. The highest BCUT2D eigenvalue weighted by atomic mass is 16.5. The normalized spacial score (nSPS) is 16.7. The van der Waals surface area contributed by atoms with E-state index < -0.39 is 0 Å². The zero-order chi connectivity index (χ0) is 16.0. The van der Waals surface area contributed by atoms with Crippen molar-refractivity contribution in [1.82, 2.24) is 4.98 Å². The molecule has 0 bridgehead atoms. The second kappa shape index (κ2) is 5.41. The van der Waals surface area contributed by atoms with E-state index in [2.05, 4.69) is 23.2 Å². The Labute approximate surface area is 134 Å². The summed E-state index contributed by atoms with van der Waals surface area (Å²) in [7, 11) is 1.64. The second-order valence-electron chi connectivity index (χ2n) is 6.15. The average molecular weight is 308 g/mol. The molecule has 1 aliphatic rings. The third-order valence-electron chi connectivity index (χ3n) is 4.75. The summed E-state index contributed by atoms with van der Waals surface area (Å²) in [6, 6.07) is 12.4. The Kier molecular flexibility index (Phi) is 3.36. The number of aryl methyl sites for hydroxylation is 1. The van der Waals surface area contributed by atoms with Gasteiger partial charge in [-0.1, -0.05) is 6.07 Å². The summed E-state index contributed by atoms with van der Waals surface area (Å²) in [5.41, 5.74) is 12.8. The molecule has 0 amide bonds. The van der Waals surface area contributed by atoms with Gasteiger partial charge >= 0.3 is 0 Å². The van der Waals surface area contributed by atoms with Gasteiger partial charge in [0.15, 0.2) is 0 Å². The largest absolute Gasteiger partial charge is 0.497 e. The van der Waals surface area contributed by atoms with Crippen LogP contribution in [0.1, 0.15) is 29.2 Å². The maximum absolute atomic E-state index is 9.45. The van der Waals surface area contributed by atoms with Gasteiger partial charge in [-0.15, -0.1) is 0 Å². The minimum absolute atomic E-state index is 0.00528. The summed E-state index contributed by atoms with van der Waals surface area (Å²) < 4.78 is 5.34. The van der Waals surface area contributed by atoms with Crippen LogP contribution in [0.25, 0.3) is 22.2 Å². The van der Waals surface area contributed by atoms with Crippen LogP contribution in [0.3, 0.4) is 0 Å². The first-order valence-corrected chi connectivity index (χ1v) is 7.89.